The summed E-state index contributed by atoms with van der Waals surface area (Å²) in [5, 5.41) is 0. The van der Waals surface area contributed by atoms with Gasteiger partial charge in [0.15, 0.2) is 0 Å². The second-order valence-electron chi connectivity index (χ2n) is 4.97. The number of nitrogens with zero attached hydrogens (tertiary/aromatic N) is 3. The van der Waals surface area contributed by atoms with Crippen molar-refractivity contribution in [2.24, 2.45) is 0 Å². The van der Waals surface area contributed by atoms with E-state index in [1.54, 1.807) is 0 Å². The minimum Gasteiger partial charge on any atom is -0.500 e. The van der Waals surface area contributed by atoms with Crippen LogP contribution in [0.15, 0.2) is 42.0 Å². The molecule has 0 saturated heterocycles. The van der Waals surface area contributed by atoms with E-state index < -0.39 is 11.7 Å². The van der Waals surface area contributed by atoms with Gasteiger partial charge in [-0.2, -0.15) is 13.2 Å². The van der Waals surface area contributed by atoms with Crippen molar-refractivity contribution in [1.82, 2.24) is 14.9 Å². The van der Waals surface area contributed by atoms with E-state index in [0.717, 1.165) is 25.0 Å². The molecule has 2 rings (SSSR count). The van der Waals surface area contributed by atoms with Crippen LogP contribution in [-0.2, 0) is 17.5 Å². The quantitative estimate of drug-likeness (QED) is 0.541. The van der Waals surface area contributed by atoms with Crippen molar-refractivity contribution >= 4 is 0 Å². The van der Waals surface area contributed by atoms with Gasteiger partial charge in [-0.3, -0.25) is 9.88 Å². The number of hydrogen-bond acceptors (Lipinski definition) is 5. The smallest absolute Gasteiger partial charge is 0.417 e. The Hall–Kier alpha value is -2.35. The predicted octanol–water partition coefficient (Wildman–Crippen LogP) is 3.74. The molecule has 0 aliphatic carbocycles. The first-order valence-electron chi connectivity index (χ1n) is 7.36. The van der Waals surface area contributed by atoms with Crippen LogP contribution in [0, 0.1) is 0 Å². The zero-order valence-electron chi connectivity index (χ0n) is 13.2. The van der Waals surface area contributed by atoms with Gasteiger partial charge in [-0.1, -0.05) is 13.5 Å². The average Bonchev–Trinajstić information content (AvgIpc) is 3.02. The second kappa shape index (κ2) is 7.96. The standard InChI is InChI=1S/C16H18F3N3O2/c1-3-22(7-8-23-4-2)10-12-11-24-15(21-12)13-9-20-6-5-14(13)16(17,18)19/h4-6,9,11H,2-3,7-8,10H2,1H3. The molecule has 0 bridgehead atoms. The number of alkyl halides is 3. The highest BCUT2D eigenvalue weighted by atomic mass is 19.4. The van der Waals surface area contributed by atoms with Crippen LogP contribution >= 0.6 is 0 Å². The molecule has 0 fully saturated rings. The summed E-state index contributed by atoms with van der Waals surface area (Å²) in [4.78, 5) is 9.92. The van der Waals surface area contributed by atoms with Gasteiger partial charge < -0.3 is 9.15 Å². The Morgan fingerprint density at radius 2 is 2.21 bits per heavy atom. The molecule has 0 saturated carbocycles. The van der Waals surface area contributed by atoms with E-state index in [-0.39, 0.29) is 11.5 Å². The Labute approximate surface area is 137 Å². The van der Waals surface area contributed by atoms with Gasteiger partial charge in [-0.15, -0.1) is 0 Å². The van der Waals surface area contributed by atoms with Gasteiger partial charge in [0.2, 0.25) is 5.89 Å². The van der Waals surface area contributed by atoms with E-state index in [2.05, 4.69) is 16.5 Å². The van der Waals surface area contributed by atoms with Crippen molar-refractivity contribution in [1.29, 1.82) is 0 Å². The van der Waals surface area contributed by atoms with Crippen LogP contribution in [0.1, 0.15) is 18.2 Å². The fourth-order valence-electron chi connectivity index (χ4n) is 2.16. The Kier molecular flexibility index (Phi) is 5.97. The fraction of sp³-hybridized carbons (Fsp3) is 0.375. The lowest BCUT2D eigenvalue weighted by Gasteiger charge is -2.18. The van der Waals surface area contributed by atoms with Gasteiger partial charge in [-0.25, -0.2) is 4.98 Å². The zero-order valence-corrected chi connectivity index (χ0v) is 13.2. The van der Waals surface area contributed by atoms with Crippen molar-refractivity contribution in [2.75, 3.05) is 19.7 Å². The number of halogens is 3. The van der Waals surface area contributed by atoms with Crippen LogP contribution in [0.3, 0.4) is 0 Å². The van der Waals surface area contributed by atoms with E-state index in [0.29, 0.717) is 25.4 Å². The Morgan fingerprint density at radius 1 is 1.42 bits per heavy atom. The molecule has 0 atom stereocenters. The van der Waals surface area contributed by atoms with Crippen molar-refractivity contribution in [3.63, 3.8) is 0 Å². The molecule has 0 aliphatic heterocycles. The summed E-state index contributed by atoms with van der Waals surface area (Å²) < 4.78 is 49.5. The number of rotatable bonds is 8. The Morgan fingerprint density at radius 3 is 2.88 bits per heavy atom. The summed E-state index contributed by atoms with van der Waals surface area (Å²) in [5.41, 5.74) is -0.450. The molecular formula is C16H18F3N3O2. The third-order valence-electron chi connectivity index (χ3n) is 3.38. The van der Waals surface area contributed by atoms with Crippen LogP contribution < -0.4 is 0 Å². The molecule has 0 unspecified atom stereocenters. The van der Waals surface area contributed by atoms with E-state index in [4.69, 9.17) is 9.15 Å². The van der Waals surface area contributed by atoms with Gasteiger partial charge in [0, 0.05) is 25.5 Å². The van der Waals surface area contributed by atoms with Crippen molar-refractivity contribution < 1.29 is 22.3 Å². The Bertz CT molecular complexity index is 671. The number of aromatic nitrogens is 2. The largest absolute Gasteiger partial charge is 0.500 e. The number of ether oxygens (including phenoxy) is 1. The lowest BCUT2D eigenvalue weighted by atomic mass is 10.1. The predicted molar refractivity (Wildman–Crippen MR) is 81.8 cm³/mol. The second-order valence-corrected chi connectivity index (χ2v) is 4.97. The first-order valence-corrected chi connectivity index (χ1v) is 7.36. The molecule has 8 heteroatoms. The van der Waals surface area contributed by atoms with Crippen LogP contribution in [0.2, 0.25) is 0 Å². The highest BCUT2D eigenvalue weighted by Gasteiger charge is 2.34. The van der Waals surface area contributed by atoms with E-state index in [9.17, 15) is 13.2 Å². The lowest BCUT2D eigenvalue weighted by Crippen LogP contribution is -2.26. The van der Waals surface area contributed by atoms with Crippen LogP contribution in [0.5, 0.6) is 0 Å². The van der Waals surface area contributed by atoms with Crippen LogP contribution in [0.4, 0.5) is 13.2 Å². The molecule has 0 aliphatic rings. The lowest BCUT2D eigenvalue weighted by molar-refractivity contribution is -0.137. The molecule has 2 heterocycles. The average molecular weight is 341 g/mol. The van der Waals surface area contributed by atoms with Gasteiger partial charge in [0.1, 0.15) is 6.26 Å². The molecular weight excluding hydrogens is 323 g/mol. The van der Waals surface area contributed by atoms with Crippen LogP contribution in [0.25, 0.3) is 11.5 Å². The molecule has 0 radical (unpaired) electrons. The highest BCUT2D eigenvalue weighted by Crippen LogP contribution is 2.36. The Balaban J connectivity index is 2.15. The molecule has 130 valence electrons. The zero-order chi connectivity index (χ0) is 17.6. The third kappa shape index (κ3) is 4.58. The first kappa shape index (κ1) is 18.0. The molecule has 2 aromatic rings. The summed E-state index contributed by atoms with van der Waals surface area (Å²) in [6.45, 7) is 7.74. The number of pyridine rings is 1. The number of hydrogen-bond donors (Lipinski definition) is 0. The third-order valence-corrected chi connectivity index (χ3v) is 3.38. The monoisotopic (exact) mass is 341 g/mol. The van der Waals surface area contributed by atoms with Crippen molar-refractivity contribution in [2.45, 2.75) is 19.6 Å². The molecule has 0 aromatic carbocycles. The van der Waals surface area contributed by atoms with Crippen molar-refractivity contribution in [3.8, 4) is 11.5 Å². The minimum absolute atomic E-state index is 0.0937. The first-order chi connectivity index (χ1) is 11.5. The maximum absolute atomic E-state index is 13.1. The summed E-state index contributed by atoms with van der Waals surface area (Å²) in [5.74, 6) is -0.0937. The van der Waals surface area contributed by atoms with E-state index >= 15 is 0 Å². The maximum atomic E-state index is 13.1. The normalized spacial score (nSPS) is 11.7. The van der Waals surface area contributed by atoms with Crippen LogP contribution in [-0.4, -0.2) is 34.6 Å². The number of oxazole rings is 1. The van der Waals surface area contributed by atoms with Gasteiger partial charge in [0.05, 0.1) is 29.7 Å². The molecule has 5 nitrogen and oxygen atoms in total. The highest BCUT2D eigenvalue weighted by molar-refractivity contribution is 5.58. The molecule has 0 N–H and O–H groups in total. The van der Waals surface area contributed by atoms with E-state index in [1.165, 1.54) is 12.5 Å². The maximum Gasteiger partial charge on any atom is 0.417 e. The van der Waals surface area contributed by atoms with Gasteiger partial charge >= 0.3 is 6.18 Å². The fourth-order valence-corrected chi connectivity index (χ4v) is 2.16. The number of likely N-dealkylation sites (N-methyl/N-ethyl adjacent to an activating group) is 1. The van der Waals surface area contributed by atoms with E-state index in [1.807, 2.05) is 11.8 Å². The van der Waals surface area contributed by atoms with Gasteiger partial charge in [-0.05, 0) is 12.6 Å². The van der Waals surface area contributed by atoms with Gasteiger partial charge in [0.25, 0.3) is 0 Å². The SMILES string of the molecule is C=COCCN(CC)Cc1coc(-c2cnccc2C(F)(F)F)n1. The molecule has 2 aromatic heterocycles. The molecule has 24 heavy (non-hydrogen) atoms. The molecule has 0 amide bonds. The minimum atomic E-state index is -4.50. The summed E-state index contributed by atoms with van der Waals surface area (Å²) in [6.07, 6.45) is 0.426. The topological polar surface area (TPSA) is 51.4 Å². The molecule has 0 spiro atoms. The summed E-state index contributed by atoms with van der Waals surface area (Å²) in [6, 6.07) is 0.907. The van der Waals surface area contributed by atoms with Crippen molar-refractivity contribution in [3.05, 3.63) is 48.8 Å². The summed E-state index contributed by atoms with van der Waals surface area (Å²) >= 11 is 0. The summed E-state index contributed by atoms with van der Waals surface area (Å²) in [7, 11) is 0.